The Morgan fingerprint density at radius 1 is 1.18 bits per heavy atom. The van der Waals surface area contributed by atoms with E-state index in [0.717, 1.165) is 19.6 Å². The van der Waals surface area contributed by atoms with Gasteiger partial charge in [0.05, 0.1) is 6.33 Å². The zero-order valence-corrected chi connectivity index (χ0v) is 11.2. The van der Waals surface area contributed by atoms with Crippen molar-refractivity contribution in [1.82, 2.24) is 19.8 Å². The summed E-state index contributed by atoms with van der Waals surface area (Å²) in [6, 6.07) is 0. The quantitative estimate of drug-likeness (QED) is 0.733. The normalized spacial score (nSPS) is 17.4. The molecule has 1 aromatic heterocycles. The van der Waals surface area contributed by atoms with Crippen molar-refractivity contribution in [1.29, 1.82) is 0 Å². The van der Waals surface area contributed by atoms with Gasteiger partial charge in [-0.15, -0.1) is 0 Å². The number of rotatable bonds is 7. The first-order valence-corrected chi connectivity index (χ1v) is 7.57. The number of aromatic nitrogens is 2. The summed E-state index contributed by atoms with van der Waals surface area (Å²) in [6.45, 7) is 7.01. The molecule has 1 aliphatic rings. The van der Waals surface area contributed by atoms with Crippen LogP contribution in [0.3, 0.4) is 0 Å². The van der Waals surface area contributed by atoms with Crippen LogP contribution in [0.5, 0.6) is 0 Å². The minimum atomic E-state index is 1.06. The first-order valence-electron chi connectivity index (χ1n) is 6.42. The van der Waals surface area contributed by atoms with Gasteiger partial charge in [0.25, 0.3) is 0 Å². The van der Waals surface area contributed by atoms with Crippen molar-refractivity contribution in [2.24, 2.45) is 0 Å². The topological polar surface area (TPSA) is 33.1 Å². The van der Waals surface area contributed by atoms with Gasteiger partial charge in [-0.1, -0.05) is 0 Å². The van der Waals surface area contributed by atoms with Crippen molar-refractivity contribution in [3.8, 4) is 0 Å². The smallest absolute Gasteiger partial charge is 0.0945 e. The summed E-state index contributed by atoms with van der Waals surface area (Å²) < 4.78 is 2.13. The van der Waals surface area contributed by atoms with Crippen LogP contribution in [0, 0.1) is 0 Å². The van der Waals surface area contributed by atoms with Gasteiger partial charge in [0.15, 0.2) is 0 Å². The first-order chi connectivity index (χ1) is 8.45. The molecule has 2 rings (SSSR count). The molecule has 0 unspecified atom stereocenters. The fourth-order valence-electron chi connectivity index (χ4n) is 1.99. The van der Waals surface area contributed by atoms with Gasteiger partial charge in [-0.3, -0.25) is 0 Å². The molecule has 0 spiro atoms. The molecule has 4 nitrogen and oxygen atoms in total. The minimum Gasteiger partial charge on any atom is -0.337 e. The maximum absolute atomic E-state index is 4.03. The van der Waals surface area contributed by atoms with Crippen LogP contribution in [-0.4, -0.2) is 58.7 Å². The number of hydrogen-bond donors (Lipinski definition) is 1. The van der Waals surface area contributed by atoms with Crippen molar-refractivity contribution >= 4 is 11.8 Å². The van der Waals surface area contributed by atoms with Gasteiger partial charge in [0, 0.05) is 56.6 Å². The highest BCUT2D eigenvalue weighted by molar-refractivity contribution is 7.99. The van der Waals surface area contributed by atoms with Gasteiger partial charge in [-0.25, -0.2) is 4.98 Å². The first kappa shape index (κ1) is 12.9. The Hall–Kier alpha value is -0.520. The standard InChI is InChI=1S/C12H22N4S/c1(5-16-7-4-14-12-16)2-13-3-6-15-8-10-17-11-9-15/h4,7,12-13H,1-3,5-6,8-11H2. The molecule has 0 bridgehead atoms. The second kappa shape index (κ2) is 7.74. The van der Waals surface area contributed by atoms with Crippen LogP contribution in [0.4, 0.5) is 0 Å². The van der Waals surface area contributed by atoms with Gasteiger partial charge in [0.1, 0.15) is 0 Å². The molecule has 0 aliphatic carbocycles. The minimum absolute atomic E-state index is 1.06. The summed E-state index contributed by atoms with van der Waals surface area (Å²) in [6.07, 6.45) is 6.91. The van der Waals surface area contributed by atoms with Crippen LogP contribution in [0.2, 0.25) is 0 Å². The largest absolute Gasteiger partial charge is 0.337 e. The Kier molecular flexibility index (Phi) is 5.88. The molecular formula is C12H22N4S. The average Bonchev–Trinajstić information content (AvgIpc) is 2.88. The zero-order valence-electron chi connectivity index (χ0n) is 10.3. The SMILES string of the molecule is c1cn(CCCNCCN2CCSCC2)cn1. The summed E-state index contributed by atoms with van der Waals surface area (Å²) >= 11 is 2.07. The highest BCUT2D eigenvalue weighted by atomic mass is 32.2. The summed E-state index contributed by atoms with van der Waals surface area (Å²) in [7, 11) is 0. The lowest BCUT2D eigenvalue weighted by Gasteiger charge is -2.26. The molecule has 1 aliphatic heterocycles. The number of aryl methyl sites for hydroxylation is 1. The van der Waals surface area contributed by atoms with E-state index < -0.39 is 0 Å². The third kappa shape index (κ3) is 5.10. The highest BCUT2D eigenvalue weighted by Gasteiger charge is 2.08. The molecule has 17 heavy (non-hydrogen) atoms. The number of imidazole rings is 1. The fraction of sp³-hybridized carbons (Fsp3) is 0.750. The molecule has 0 amide bonds. The number of nitrogens with one attached hydrogen (secondary N) is 1. The van der Waals surface area contributed by atoms with Crippen LogP contribution < -0.4 is 5.32 Å². The maximum Gasteiger partial charge on any atom is 0.0945 e. The van der Waals surface area contributed by atoms with E-state index in [4.69, 9.17) is 0 Å². The monoisotopic (exact) mass is 254 g/mol. The second-order valence-corrected chi connectivity index (χ2v) is 5.58. The molecule has 2 heterocycles. The van der Waals surface area contributed by atoms with E-state index in [1.807, 2.05) is 18.7 Å². The summed E-state index contributed by atoms with van der Waals surface area (Å²) in [5.74, 6) is 2.61. The predicted molar refractivity (Wildman–Crippen MR) is 73.5 cm³/mol. The predicted octanol–water partition coefficient (Wildman–Crippen LogP) is 0.912. The van der Waals surface area contributed by atoms with E-state index in [1.165, 1.54) is 37.6 Å². The summed E-state index contributed by atoms with van der Waals surface area (Å²) in [5.41, 5.74) is 0. The Morgan fingerprint density at radius 3 is 2.82 bits per heavy atom. The van der Waals surface area contributed by atoms with Crippen LogP contribution in [0.1, 0.15) is 6.42 Å². The van der Waals surface area contributed by atoms with Gasteiger partial charge in [0.2, 0.25) is 0 Å². The van der Waals surface area contributed by atoms with Gasteiger partial charge in [-0.2, -0.15) is 11.8 Å². The van der Waals surface area contributed by atoms with Gasteiger partial charge >= 0.3 is 0 Å². The van der Waals surface area contributed by atoms with Crippen molar-refractivity contribution in [2.75, 3.05) is 44.2 Å². The molecule has 0 radical (unpaired) electrons. The Bertz CT molecular complexity index is 283. The Labute approximate surface area is 108 Å². The number of hydrogen-bond acceptors (Lipinski definition) is 4. The molecule has 0 atom stereocenters. The van der Waals surface area contributed by atoms with Crippen molar-refractivity contribution in [2.45, 2.75) is 13.0 Å². The molecule has 96 valence electrons. The van der Waals surface area contributed by atoms with E-state index in [1.54, 1.807) is 0 Å². The molecule has 1 aromatic rings. The third-order valence-corrected chi connectivity index (χ3v) is 3.98. The molecule has 1 saturated heterocycles. The van der Waals surface area contributed by atoms with Crippen LogP contribution in [0.25, 0.3) is 0 Å². The van der Waals surface area contributed by atoms with Crippen LogP contribution in [-0.2, 0) is 6.54 Å². The van der Waals surface area contributed by atoms with Gasteiger partial charge < -0.3 is 14.8 Å². The van der Waals surface area contributed by atoms with Crippen LogP contribution >= 0.6 is 11.8 Å². The van der Waals surface area contributed by atoms with E-state index in [0.29, 0.717) is 0 Å². The van der Waals surface area contributed by atoms with E-state index >= 15 is 0 Å². The lowest BCUT2D eigenvalue weighted by molar-refractivity contribution is 0.301. The van der Waals surface area contributed by atoms with Crippen LogP contribution in [0.15, 0.2) is 18.7 Å². The molecule has 5 heteroatoms. The Morgan fingerprint density at radius 2 is 2.06 bits per heavy atom. The lowest BCUT2D eigenvalue weighted by Crippen LogP contribution is -2.38. The second-order valence-electron chi connectivity index (χ2n) is 4.36. The highest BCUT2D eigenvalue weighted by Crippen LogP contribution is 2.07. The third-order valence-electron chi connectivity index (χ3n) is 3.04. The van der Waals surface area contributed by atoms with Gasteiger partial charge in [-0.05, 0) is 13.0 Å². The molecule has 0 saturated carbocycles. The average molecular weight is 254 g/mol. The summed E-state index contributed by atoms with van der Waals surface area (Å²) in [5, 5.41) is 3.51. The molecule has 1 fully saturated rings. The Balaban J connectivity index is 1.43. The summed E-state index contributed by atoms with van der Waals surface area (Å²) in [4.78, 5) is 6.59. The lowest BCUT2D eigenvalue weighted by atomic mass is 10.4. The zero-order chi connectivity index (χ0) is 11.8. The van der Waals surface area contributed by atoms with E-state index in [9.17, 15) is 0 Å². The van der Waals surface area contributed by atoms with Crippen molar-refractivity contribution < 1.29 is 0 Å². The number of thioether (sulfide) groups is 1. The van der Waals surface area contributed by atoms with E-state index in [-0.39, 0.29) is 0 Å². The molecule has 1 N–H and O–H groups in total. The number of nitrogens with zero attached hydrogens (tertiary/aromatic N) is 3. The van der Waals surface area contributed by atoms with E-state index in [2.05, 4.69) is 31.5 Å². The van der Waals surface area contributed by atoms with Crippen molar-refractivity contribution in [3.05, 3.63) is 18.7 Å². The molecular weight excluding hydrogens is 232 g/mol. The fourth-order valence-corrected chi connectivity index (χ4v) is 2.97. The van der Waals surface area contributed by atoms with Crippen molar-refractivity contribution in [3.63, 3.8) is 0 Å². The molecule has 0 aromatic carbocycles. The maximum atomic E-state index is 4.03.